The number of hydrogen-bond acceptors (Lipinski definition) is 2. The number of rotatable bonds is 4. The van der Waals surface area contributed by atoms with Gasteiger partial charge in [-0.05, 0) is 62.0 Å². The number of fused-ring (bicyclic) bond motifs is 5. The highest BCUT2D eigenvalue weighted by atomic mass is 16.5. The van der Waals surface area contributed by atoms with Crippen LogP contribution in [0.5, 0.6) is 5.75 Å². The minimum atomic E-state index is 1.01. The average molecular weight is 361 g/mol. The summed E-state index contributed by atoms with van der Waals surface area (Å²) in [6, 6.07) is 15.5. The average Bonchev–Trinajstić information content (AvgIpc) is 3.06. The summed E-state index contributed by atoms with van der Waals surface area (Å²) in [5, 5.41) is 1.42. The Labute approximate surface area is 161 Å². The van der Waals surface area contributed by atoms with Gasteiger partial charge in [-0.2, -0.15) is 0 Å². The Hall–Kier alpha value is -2.26. The van der Waals surface area contributed by atoms with Crippen molar-refractivity contribution in [3.63, 3.8) is 0 Å². The maximum absolute atomic E-state index is 5.79. The van der Waals surface area contributed by atoms with Gasteiger partial charge in [0, 0.05) is 29.6 Å². The van der Waals surface area contributed by atoms with Gasteiger partial charge in [0.05, 0.1) is 12.8 Å². The van der Waals surface area contributed by atoms with Gasteiger partial charge in [-0.25, -0.2) is 0 Å². The first-order chi connectivity index (χ1) is 13.4. The zero-order valence-electron chi connectivity index (χ0n) is 16.2. The van der Waals surface area contributed by atoms with Crippen LogP contribution in [-0.2, 0) is 19.4 Å². The molecule has 3 aromatic rings. The molecule has 0 unspecified atom stereocenters. The highest BCUT2D eigenvalue weighted by Crippen LogP contribution is 2.44. The molecule has 1 fully saturated rings. The topological polar surface area (TPSA) is 17.4 Å². The number of aromatic nitrogens is 1. The van der Waals surface area contributed by atoms with E-state index in [0.29, 0.717) is 0 Å². The van der Waals surface area contributed by atoms with Gasteiger partial charge in [0.25, 0.3) is 0 Å². The summed E-state index contributed by atoms with van der Waals surface area (Å²) < 4.78 is 8.36. The maximum Gasteiger partial charge on any atom is 0.128 e. The number of piperidine rings is 1. The highest BCUT2D eigenvalue weighted by molar-refractivity contribution is 5.94. The molecule has 0 spiro atoms. The lowest BCUT2D eigenvalue weighted by Crippen LogP contribution is -2.32. The number of para-hydroxylation sites is 1. The lowest BCUT2D eigenvalue weighted by atomic mass is 9.88. The predicted molar refractivity (Wildman–Crippen MR) is 112 cm³/mol. The zero-order valence-corrected chi connectivity index (χ0v) is 16.2. The Bertz CT molecular complexity index is 952. The van der Waals surface area contributed by atoms with Crippen LogP contribution in [0.3, 0.4) is 0 Å². The van der Waals surface area contributed by atoms with Gasteiger partial charge in [0.1, 0.15) is 5.75 Å². The molecule has 0 N–H and O–H groups in total. The first-order valence-electron chi connectivity index (χ1n) is 10.4. The highest BCUT2D eigenvalue weighted by Gasteiger charge is 2.27. The van der Waals surface area contributed by atoms with E-state index in [-0.39, 0.29) is 0 Å². The van der Waals surface area contributed by atoms with Gasteiger partial charge < -0.3 is 14.2 Å². The third-order valence-electron chi connectivity index (χ3n) is 6.38. The van der Waals surface area contributed by atoms with Crippen LogP contribution in [0, 0.1) is 0 Å². The number of benzene rings is 2. The molecule has 1 saturated heterocycles. The van der Waals surface area contributed by atoms with Crippen molar-refractivity contribution in [3.05, 3.63) is 53.6 Å². The molecule has 1 aliphatic carbocycles. The molecule has 2 aromatic carbocycles. The smallest absolute Gasteiger partial charge is 0.128 e. The minimum Gasteiger partial charge on any atom is -0.496 e. The molecule has 3 heteroatoms. The van der Waals surface area contributed by atoms with Crippen LogP contribution in [0.1, 0.15) is 30.4 Å². The summed E-state index contributed by atoms with van der Waals surface area (Å²) in [4.78, 5) is 2.64. The lowest BCUT2D eigenvalue weighted by molar-refractivity contribution is 0.222. The molecule has 0 atom stereocenters. The molecule has 0 amide bonds. The summed E-state index contributed by atoms with van der Waals surface area (Å²) in [5.74, 6) is 1.01. The third-order valence-corrected chi connectivity index (χ3v) is 6.38. The van der Waals surface area contributed by atoms with Crippen LogP contribution >= 0.6 is 0 Å². The first-order valence-corrected chi connectivity index (χ1v) is 10.4. The van der Waals surface area contributed by atoms with E-state index in [1.165, 1.54) is 65.6 Å². The monoisotopic (exact) mass is 360 g/mol. The van der Waals surface area contributed by atoms with E-state index in [4.69, 9.17) is 4.74 Å². The lowest BCUT2D eigenvalue weighted by Gasteiger charge is -2.28. The number of likely N-dealkylation sites (tertiary alicyclic amines) is 1. The van der Waals surface area contributed by atoms with E-state index in [2.05, 4.69) is 51.9 Å². The summed E-state index contributed by atoms with van der Waals surface area (Å²) in [7, 11) is 1.80. The summed E-state index contributed by atoms with van der Waals surface area (Å²) in [6.07, 6.45) is 6.30. The molecule has 27 heavy (non-hydrogen) atoms. The number of hydrogen-bond donors (Lipinski definition) is 0. The van der Waals surface area contributed by atoms with Crippen molar-refractivity contribution >= 4 is 10.9 Å². The van der Waals surface area contributed by atoms with Crippen LogP contribution in [0.25, 0.3) is 22.2 Å². The third kappa shape index (κ3) is 2.85. The van der Waals surface area contributed by atoms with Crippen LogP contribution < -0.4 is 4.74 Å². The number of nitrogens with zero attached hydrogens (tertiary/aromatic N) is 2. The molecule has 5 rings (SSSR count). The molecule has 0 saturated carbocycles. The normalized spacial score (nSPS) is 16.9. The van der Waals surface area contributed by atoms with E-state index in [1.54, 1.807) is 7.11 Å². The molecule has 1 aliphatic heterocycles. The van der Waals surface area contributed by atoms with Gasteiger partial charge in [-0.1, -0.05) is 36.8 Å². The second-order valence-corrected chi connectivity index (χ2v) is 7.89. The summed E-state index contributed by atoms with van der Waals surface area (Å²) in [5.41, 5.74) is 7.01. The first kappa shape index (κ1) is 16.9. The molecule has 1 aromatic heterocycles. The molecule has 140 valence electrons. The second-order valence-electron chi connectivity index (χ2n) is 7.89. The van der Waals surface area contributed by atoms with Gasteiger partial charge in [-0.3, -0.25) is 0 Å². The molecule has 2 heterocycles. The van der Waals surface area contributed by atoms with E-state index >= 15 is 0 Å². The van der Waals surface area contributed by atoms with Gasteiger partial charge >= 0.3 is 0 Å². The minimum absolute atomic E-state index is 1.01. The molecule has 0 radical (unpaired) electrons. The standard InChI is InChI=1S/C24H28N2O/c1-27-22-11-7-8-18-12-13-20-19-9-3-4-10-21(19)26(24(20)23(18)22)17-16-25-14-5-2-6-15-25/h3-4,7-11H,2,5-6,12-17H2,1H3. The van der Waals surface area contributed by atoms with E-state index < -0.39 is 0 Å². The predicted octanol–water partition coefficient (Wildman–Crippen LogP) is 4.90. The Morgan fingerprint density at radius 1 is 0.889 bits per heavy atom. The Kier molecular flexibility index (Phi) is 4.41. The van der Waals surface area contributed by atoms with Crippen molar-refractivity contribution in [3.8, 4) is 17.0 Å². The van der Waals surface area contributed by atoms with Crippen LogP contribution in [0.2, 0.25) is 0 Å². The Morgan fingerprint density at radius 3 is 2.59 bits per heavy atom. The molecular formula is C24H28N2O. The van der Waals surface area contributed by atoms with Crippen LogP contribution in [0.4, 0.5) is 0 Å². The van der Waals surface area contributed by atoms with Crippen molar-refractivity contribution in [1.82, 2.24) is 9.47 Å². The molecular weight excluding hydrogens is 332 g/mol. The zero-order chi connectivity index (χ0) is 18.2. The molecule has 2 aliphatic rings. The van der Waals surface area contributed by atoms with Crippen molar-refractivity contribution in [2.24, 2.45) is 0 Å². The SMILES string of the molecule is COc1cccc2c1-c1c(c3ccccc3n1CCN1CCCCC1)CC2. The second kappa shape index (κ2) is 7.05. The Morgan fingerprint density at radius 2 is 1.74 bits per heavy atom. The van der Waals surface area contributed by atoms with Gasteiger partial charge in [0.2, 0.25) is 0 Å². The van der Waals surface area contributed by atoms with Crippen LogP contribution in [0.15, 0.2) is 42.5 Å². The van der Waals surface area contributed by atoms with Gasteiger partial charge in [0.15, 0.2) is 0 Å². The largest absolute Gasteiger partial charge is 0.496 e. The van der Waals surface area contributed by atoms with Crippen molar-refractivity contribution in [2.75, 3.05) is 26.7 Å². The van der Waals surface area contributed by atoms with E-state index in [0.717, 1.165) is 31.7 Å². The van der Waals surface area contributed by atoms with Crippen molar-refractivity contribution in [1.29, 1.82) is 0 Å². The van der Waals surface area contributed by atoms with Gasteiger partial charge in [-0.15, -0.1) is 0 Å². The fourth-order valence-corrected chi connectivity index (χ4v) is 5.05. The Balaban J connectivity index is 1.64. The fraction of sp³-hybridized carbons (Fsp3) is 0.417. The van der Waals surface area contributed by atoms with E-state index in [1.807, 2.05) is 0 Å². The van der Waals surface area contributed by atoms with Crippen molar-refractivity contribution < 1.29 is 4.74 Å². The summed E-state index contributed by atoms with van der Waals surface area (Å²) in [6.45, 7) is 4.69. The number of ether oxygens (including phenoxy) is 1. The quantitative estimate of drug-likeness (QED) is 0.658. The molecule has 3 nitrogen and oxygen atoms in total. The molecule has 0 bridgehead atoms. The summed E-state index contributed by atoms with van der Waals surface area (Å²) >= 11 is 0. The van der Waals surface area contributed by atoms with Crippen LogP contribution in [-0.4, -0.2) is 36.2 Å². The fourth-order valence-electron chi connectivity index (χ4n) is 5.05. The number of methoxy groups -OCH3 is 1. The number of aryl methyl sites for hydroxylation is 2. The maximum atomic E-state index is 5.79. The van der Waals surface area contributed by atoms with E-state index in [9.17, 15) is 0 Å². The van der Waals surface area contributed by atoms with Crippen molar-refractivity contribution in [2.45, 2.75) is 38.6 Å².